The predicted molar refractivity (Wildman–Crippen MR) is 106 cm³/mol. The van der Waals surface area contributed by atoms with E-state index in [0.29, 0.717) is 35.1 Å². The first-order chi connectivity index (χ1) is 14.6. The molecule has 0 unspecified atom stereocenters. The second-order valence-electron chi connectivity index (χ2n) is 6.02. The fourth-order valence-corrected chi connectivity index (χ4v) is 2.57. The van der Waals surface area contributed by atoms with Gasteiger partial charge in [-0.25, -0.2) is 0 Å². The number of nitrogens with one attached hydrogen (secondary N) is 1. The van der Waals surface area contributed by atoms with Gasteiger partial charge >= 0.3 is 5.97 Å². The van der Waals surface area contributed by atoms with Crippen LogP contribution in [0, 0.1) is 0 Å². The highest BCUT2D eigenvalue weighted by Gasteiger charge is 2.15. The summed E-state index contributed by atoms with van der Waals surface area (Å²) in [5.74, 6) is 0.510. The molecule has 9 nitrogen and oxygen atoms in total. The van der Waals surface area contributed by atoms with Crippen LogP contribution >= 0.6 is 0 Å². The topological polar surface area (TPSA) is 113 Å². The molecule has 2 aromatic carbocycles. The summed E-state index contributed by atoms with van der Waals surface area (Å²) >= 11 is 0. The van der Waals surface area contributed by atoms with Crippen LogP contribution < -0.4 is 14.8 Å². The fraction of sp³-hybridized carbons (Fsp3) is 0.238. The molecule has 1 N–H and O–H groups in total. The fourth-order valence-electron chi connectivity index (χ4n) is 2.57. The van der Waals surface area contributed by atoms with Gasteiger partial charge in [0.05, 0.1) is 19.3 Å². The molecule has 30 heavy (non-hydrogen) atoms. The number of para-hydroxylation sites is 1. The number of hydrogen-bond donors (Lipinski definition) is 1. The third-order valence-corrected chi connectivity index (χ3v) is 3.98. The van der Waals surface area contributed by atoms with E-state index in [4.69, 9.17) is 18.7 Å². The molecule has 0 saturated carbocycles. The number of methoxy groups -OCH3 is 1. The zero-order valence-electron chi connectivity index (χ0n) is 16.6. The summed E-state index contributed by atoms with van der Waals surface area (Å²) in [6.45, 7) is 1.73. The molecule has 1 heterocycles. The Balaban J connectivity index is 1.51. The number of ether oxygens (including phenoxy) is 3. The first-order valence-corrected chi connectivity index (χ1v) is 9.23. The minimum atomic E-state index is -0.640. The van der Waals surface area contributed by atoms with Crippen molar-refractivity contribution in [2.45, 2.75) is 13.5 Å². The Morgan fingerprint density at radius 3 is 2.77 bits per heavy atom. The first-order valence-electron chi connectivity index (χ1n) is 9.23. The monoisotopic (exact) mass is 411 g/mol. The van der Waals surface area contributed by atoms with Crippen molar-refractivity contribution in [2.75, 3.05) is 20.3 Å². The maximum absolute atomic E-state index is 12.3. The normalized spacial score (nSPS) is 10.3. The van der Waals surface area contributed by atoms with Gasteiger partial charge in [-0.2, -0.15) is 4.98 Å². The van der Waals surface area contributed by atoms with Crippen molar-refractivity contribution < 1.29 is 28.3 Å². The van der Waals surface area contributed by atoms with Gasteiger partial charge in [-0.1, -0.05) is 29.4 Å². The molecule has 0 aliphatic carbocycles. The summed E-state index contributed by atoms with van der Waals surface area (Å²) < 4.78 is 20.8. The molecule has 156 valence electrons. The Morgan fingerprint density at radius 1 is 1.13 bits per heavy atom. The van der Waals surface area contributed by atoms with Gasteiger partial charge in [-0.3, -0.25) is 9.59 Å². The molecule has 0 bridgehead atoms. The van der Waals surface area contributed by atoms with Crippen molar-refractivity contribution in [2.24, 2.45) is 0 Å². The Hall–Kier alpha value is -3.88. The maximum Gasteiger partial charge on any atom is 0.325 e. The minimum Gasteiger partial charge on any atom is -0.497 e. The highest BCUT2D eigenvalue weighted by Crippen LogP contribution is 2.21. The molecule has 0 fully saturated rings. The molecule has 0 saturated heterocycles. The summed E-state index contributed by atoms with van der Waals surface area (Å²) in [4.78, 5) is 28.4. The number of benzene rings is 2. The van der Waals surface area contributed by atoms with Gasteiger partial charge in [0.25, 0.3) is 11.8 Å². The van der Waals surface area contributed by atoms with Crippen LogP contribution in [0.1, 0.15) is 23.2 Å². The van der Waals surface area contributed by atoms with Crippen molar-refractivity contribution in [1.29, 1.82) is 0 Å². The lowest BCUT2D eigenvalue weighted by Gasteiger charge is -2.10. The molecule has 0 spiro atoms. The van der Waals surface area contributed by atoms with Crippen LogP contribution in [0.2, 0.25) is 0 Å². The smallest absolute Gasteiger partial charge is 0.325 e. The van der Waals surface area contributed by atoms with E-state index in [1.807, 2.05) is 6.92 Å². The Bertz CT molecular complexity index is 1020. The molecule has 9 heteroatoms. The number of nitrogens with zero attached hydrogens (tertiary/aromatic N) is 2. The van der Waals surface area contributed by atoms with E-state index < -0.39 is 11.9 Å². The molecule has 0 aliphatic heterocycles. The standard InChI is InChI=1S/C21H21N3O6/c1-3-28-17-10-5-4-9-16(17)21(26)22-12-19(25)29-13-18-23-20(24-30-18)14-7-6-8-15(11-14)27-2/h4-11H,3,12-13H2,1-2H3,(H,22,26). The van der Waals surface area contributed by atoms with E-state index >= 15 is 0 Å². The van der Waals surface area contributed by atoms with E-state index in [1.54, 1.807) is 55.6 Å². The summed E-state index contributed by atoms with van der Waals surface area (Å²) in [5, 5.41) is 6.37. The van der Waals surface area contributed by atoms with Crippen molar-refractivity contribution in [3.8, 4) is 22.9 Å². The molecule has 1 aromatic heterocycles. The SMILES string of the molecule is CCOc1ccccc1C(=O)NCC(=O)OCc1nc(-c2cccc(OC)c2)no1. The van der Waals surface area contributed by atoms with Gasteiger partial charge in [-0.15, -0.1) is 0 Å². The molecule has 0 radical (unpaired) electrons. The number of amides is 1. The van der Waals surface area contributed by atoms with Crippen LogP contribution in [0.3, 0.4) is 0 Å². The molecule has 0 aliphatic rings. The summed E-state index contributed by atoms with van der Waals surface area (Å²) in [6, 6.07) is 13.9. The second-order valence-corrected chi connectivity index (χ2v) is 6.02. The molecule has 1 amide bonds. The molecule has 3 aromatic rings. The van der Waals surface area contributed by atoms with Crippen LogP contribution in [-0.2, 0) is 16.1 Å². The van der Waals surface area contributed by atoms with E-state index in [1.165, 1.54) is 0 Å². The lowest BCUT2D eigenvalue weighted by atomic mass is 10.2. The second kappa shape index (κ2) is 10.1. The molecule has 3 rings (SSSR count). The van der Waals surface area contributed by atoms with Crippen LogP contribution in [-0.4, -0.2) is 42.3 Å². The summed E-state index contributed by atoms with van der Waals surface area (Å²) in [6.07, 6.45) is 0. The van der Waals surface area contributed by atoms with Crippen LogP contribution in [0.5, 0.6) is 11.5 Å². The zero-order valence-corrected chi connectivity index (χ0v) is 16.6. The number of carbonyl (C=O) groups excluding carboxylic acids is 2. The third kappa shape index (κ3) is 5.34. The highest BCUT2D eigenvalue weighted by atomic mass is 16.6. The summed E-state index contributed by atoms with van der Waals surface area (Å²) in [5.41, 5.74) is 1.04. The number of hydrogen-bond acceptors (Lipinski definition) is 8. The van der Waals surface area contributed by atoms with Gasteiger partial charge < -0.3 is 24.1 Å². The van der Waals surface area contributed by atoms with Crippen molar-refractivity contribution >= 4 is 11.9 Å². The Morgan fingerprint density at radius 2 is 1.97 bits per heavy atom. The largest absolute Gasteiger partial charge is 0.497 e. The lowest BCUT2D eigenvalue weighted by Crippen LogP contribution is -2.30. The Labute approximate surface area is 172 Å². The van der Waals surface area contributed by atoms with Crippen LogP contribution in [0.15, 0.2) is 53.1 Å². The maximum atomic E-state index is 12.3. The number of aromatic nitrogens is 2. The number of carbonyl (C=O) groups is 2. The van der Waals surface area contributed by atoms with E-state index in [0.717, 1.165) is 0 Å². The number of rotatable bonds is 9. The van der Waals surface area contributed by atoms with Gasteiger partial charge in [0, 0.05) is 5.56 Å². The van der Waals surface area contributed by atoms with Crippen molar-refractivity contribution in [3.05, 3.63) is 60.0 Å². The average Bonchev–Trinajstić information content (AvgIpc) is 3.26. The third-order valence-electron chi connectivity index (χ3n) is 3.98. The highest BCUT2D eigenvalue weighted by molar-refractivity contribution is 5.98. The Kier molecular flexibility index (Phi) is 6.99. The van der Waals surface area contributed by atoms with E-state index in [2.05, 4.69) is 15.5 Å². The molecular weight excluding hydrogens is 390 g/mol. The molecular formula is C21H21N3O6. The quantitative estimate of drug-likeness (QED) is 0.535. The zero-order chi connectivity index (χ0) is 21.3. The summed E-state index contributed by atoms with van der Waals surface area (Å²) in [7, 11) is 1.56. The van der Waals surface area contributed by atoms with Gasteiger partial charge in [0.1, 0.15) is 18.0 Å². The van der Waals surface area contributed by atoms with E-state index in [9.17, 15) is 9.59 Å². The van der Waals surface area contributed by atoms with E-state index in [-0.39, 0.29) is 19.0 Å². The van der Waals surface area contributed by atoms with Gasteiger partial charge in [0.2, 0.25) is 5.82 Å². The average molecular weight is 411 g/mol. The lowest BCUT2D eigenvalue weighted by molar-refractivity contribution is -0.144. The first kappa shape index (κ1) is 20.8. The van der Waals surface area contributed by atoms with Crippen molar-refractivity contribution in [3.63, 3.8) is 0 Å². The minimum absolute atomic E-state index is 0.134. The van der Waals surface area contributed by atoms with Crippen LogP contribution in [0.4, 0.5) is 0 Å². The van der Waals surface area contributed by atoms with Crippen molar-refractivity contribution in [1.82, 2.24) is 15.5 Å². The predicted octanol–water partition coefficient (Wildman–Crippen LogP) is 2.62. The van der Waals surface area contributed by atoms with Gasteiger partial charge in [-0.05, 0) is 31.2 Å². The van der Waals surface area contributed by atoms with Crippen LogP contribution in [0.25, 0.3) is 11.4 Å². The van der Waals surface area contributed by atoms with Gasteiger partial charge in [0.15, 0.2) is 6.61 Å². The molecule has 0 atom stereocenters. The number of esters is 1.